The van der Waals surface area contributed by atoms with Crippen LogP contribution in [0.1, 0.15) is 35.6 Å². The van der Waals surface area contributed by atoms with Crippen LogP contribution in [-0.4, -0.2) is 52.6 Å². The van der Waals surface area contributed by atoms with Crippen LogP contribution in [0, 0.1) is 5.92 Å². The third-order valence-electron chi connectivity index (χ3n) is 7.54. The van der Waals surface area contributed by atoms with Gasteiger partial charge in [-0.05, 0) is 49.1 Å². The smallest absolute Gasteiger partial charge is 0.308 e. The van der Waals surface area contributed by atoms with E-state index >= 15 is 0 Å². The number of imide groups is 1. The average Bonchev–Trinajstić information content (AvgIpc) is 3.40. The van der Waals surface area contributed by atoms with Gasteiger partial charge in [0.1, 0.15) is 17.5 Å². The molecule has 3 aliphatic rings. The van der Waals surface area contributed by atoms with Gasteiger partial charge in [0.15, 0.2) is 0 Å². The van der Waals surface area contributed by atoms with Gasteiger partial charge in [0, 0.05) is 23.9 Å². The van der Waals surface area contributed by atoms with Crippen molar-refractivity contribution in [3.8, 4) is 5.75 Å². The first-order chi connectivity index (χ1) is 18.5. The van der Waals surface area contributed by atoms with Crippen LogP contribution in [0.25, 0.3) is 0 Å². The van der Waals surface area contributed by atoms with E-state index in [1.807, 2.05) is 35.2 Å². The molecule has 0 spiro atoms. The Balaban J connectivity index is 1.41. The van der Waals surface area contributed by atoms with E-state index < -0.39 is 17.1 Å². The molecule has 3 unspecified atom stereocenters. The number of piperidine rings is 1. The number of hydrogen-bond acceptors (Lipinski definition) is 7. The van der Waals surface area contributed by atoms with Gasteiger partial charge in [0.25, 0.3) is 0 Å². The summed E-state index contributed by atoms with van der Waals surface area (Å²) in [6.45, 7) is 1.35. The molecule has 0 saturated carbocycles. The Morgan fingerprint density at radius 3 is 2.34 bits per heavy atom. The van der Waals surface area contributed by atoms with E-state index in [1.54, 1.807) is 31.4 Å². The molecule has 3 atom stereocenters. The lowest BCUT2D eigenvalue weighted by atomic mass is 9.83. The molecule has 0 radical (unpaired) electrons. The molecule has 1 aromatic heterocycles. The predicted molar refractivity (Wildman–Crippen MR) is 146 cm³/mol. The minimum atomic E-state index is -0.701. The maximum atomic E-state index is 13.9. The van der Waals surface area contributed by atoms with Crippen molar-refractivity contribution in [1.82, 2.24) is 9.47 Å². The Hall–Kier alpha value is -3.37. The first-order valence-electron chi connectivity index (χ1n) is 12.7. The van der Waals surface area contributed by atoms with Gasteiger partial charge in [0.05, 0.1) is 23.7 Å². The molecule has 38 heavy (non-hydrogen) atoms. The van der Waals surface area contributed by atoms with Crippen LogP contribution in [0.15, 0.2) is 64.4 Å². The molecule has 2 aromatic carbocycles. The standard InChI is InChI=1S/C28H27N3O5S2/c1-36-19-12-10-18(11-13-19)31-25(33)22-21(17-8-4-2-5-9-17)24-27(37-23(22)26(31)34)30(28(35)38-24)16-20(32)29-14-6-3-7-15-29/h2,4-5,8-13,21-23H,3,6-7,14-16H2,1H3. The van der Waals surface area contributed by atoms with E-state index in [0.29, 0.717) is 29.6 Å². The van der Waals surface area contributed by atoms with Crippen LogP contribution >= 0.6 is 23.1 Å². The Bertz CT molecular complexity index is 1440. The topological polar surface area (TPSA) is 88.9 Å². The number of amides is 3. The molecule has 0 N–H and O–H groups in total. The van der Waals surface area contributed by atoms with E-state index in [2.05, 4.69) is 0 Å². The number of rotatable bonds is 5. The number of anilines is 1. The third-order valence-corrected chi connectivity index (χ3v) is 10.1. The van der Waals surface area contributed by atoms with E-state index in [-0.39, 0.29) is 29.1 Å². The summed E-state index contributed by atoms with van der Waals surface area (Å²) in [4.78, 5) is 57.6. The summed E-state index contributed by atoms with van der Waals surface area (Å²) in [6.07, 6.45) is 3.04. The lowest BCUT2D eigenvalue weighted by Crippen LogP contribution is -2.39. The van der Waals surface area contributed by atoms with Gasteiger partial charge < -0.3 is 9.64 Å². The van der Waals surface area contributed by atoms with Crippen molar-refractivity contribution < 1.29 is 19.1 Å². The van der Waals surface area contributed by atoms with Crippen molar-refractivity contribution >= 4 is 46.5 Å². The number of hydrogen-bond donors (Lipinski definition) is 0. The second-order valence-corrected chi connectivity index (χ2v) is 11.9. The van der Waals surface area contributed by atoms with Gasteiger partial charge in [-0.25, -0.2) is 4.90 Å². The number of carbonyl (C=O) groups is 3. The summed E-state index contributed by atoms with van der Waals surface area (Å²) in [5.74, 6) is -1.16. The van der Waals surface area contributed by atoms with Crippen molar-refractivity contribution in [3.63, 3.8) is 0 Å². The fourth-order valence-corrected chi connectivity index (χ4v) is 8.41. The number of methoxy groups -OCH3 is 1. The van der Waals surface area contributed by atoms with E-state index in [0.717, 1.165) is 41.0 Å². The molecular weight excluding hydrogens is 522 g/mol. The Labute approximate surface area is 228 Å². The molecule has 10 heteroatoms. The largest absolute Gasteiger partial charge is 0.497 e. The van der Waals surface area contributed by atoms with Crippen molar-refractivity contribution in [2.45, 2.75) is 42.0 Å². The minimum absolute atomic E-state index is 0.0547. The lowest BCUT2D eigenvalue weighted by Gasteiger charge is -2.31. The number of thiazole rings is 1. The SMILES string of the molecule is COc1ccc(N2C(=O)C3Sc4c(sc(=O)n4CC(=O)N4CCCCC4)C(c4ccccc4)C3C2=O)cc1. The van der Waals surface area contributed by atoms with Crippen LogP contribution in [0.4, 0.5) is 5.69 Å². The average molecular weight is 550 g/mol. The Morgan fingerprint density at radius 1 is 0.947 bits per heavy atom. The van der Waals surface area contributed by atoms with Gasteiger partial charge in [-0.15, -0.1) is 0 Å². The zero-order valence-corrected chi connectivity index (χ0v) is 22.5. The maximum Gasteiger partial charge on any atom is 0.308 e. The van der Waals surface area contributed by atoms with E-state index in [1.165, 1.54) is 21.2 Å². The van der Waals surface area contributed by atoms with Crippen LogP contribution in [-0.2, 0) is 20.9 Å². The summed E-state index contributed by atoms with van der Waals surface area (Å²) in [5, 5.41) is -0.0779. The molecule has 6 rings (SSSR count). The molecular formula is C28H27N3O5S2. The predicted octanol–water partition coefficient (Wildman–Crippen LogP) is 3.73. The molecule has 8 nitrogen and oxygen atoms in total. The van der Waals surface area contributed by atoms with Crippen LogP contribution in [0.2, 0.25) is 0 Å². The van der Waals surface area contributed by atoms with Gasteiger partial charge in [0.2, 0.25) is 17.7 Å². The number of nitrogens with zero attached hydrogens (tertiary/aromatic N) is 3. The Morgan fingerprint density at radius 2 is 1.66 bits per heavy atom. The monoisotopic (exact) mass is 549 g/mol. The van der Waals surface area contributed by atoms with Crippen molar-refractivity contribution in [3.05, 3.63) is 74.7 Å². The van der Waals surface area contributed by atoms with Crippen molar-refractivity contribution in [1.29, 1.82) is 0 Å². The molecule has 3 aliphatic heterocycles. The molecule has 2 saturated heterocycles. The normalized spacial score (nSPS) is 22.8. The van der Waals surface area contributed by atoms with Gasteiger partial charge in [-0.2, -0.15) is 0 Å². The summed E-state index contributed by atoms with van der Waals surface area (Å²) in [7, 11) is 1.56. The molecule has 3 aromatic rings. The first-order valence-corrected chi connectivity index (χ1v) is 14.4. The molecule has 4 heterocycles. The van der Waals surface area contributed by atoms with Crippen molar-refractivity contribution in [2.24, 2.45) is 5.92 Å². The number of aromatic nitrogens is 1. The van der Waals surface area contributed by atoms with E-state index in [4.69, 9.17) is 4.74 Å². The highest BCUT2D eigenvalue weighted by Gasteiger charge is 2.56. The number of fused-ring (bicyclic) bond motifs is 2. The summed E-state index contributed by atoms with van der Waals surface area (Å²) >= 11 is 2.33. The summed E-state index contributed by atoms with van der Waals surface area (Å²) < 4.78 is 6.75. The fraction of sp³-hybridized carbons (Fsp3) is 0.357. The summed E-state index contributed by atoms with van der Waals surface area (Å²) in [5.41, 5.74) is 1.36. The van der Waals surface area contributed by atoms with Crippen LogP contribution in [0.3, 0.4) is 0 Å². The number of benzene rings is 2. The Kier molecular flexibility index (Phi) is 6.61. The minimum Gasteiger partial charge on any atom is -0.497 e. The van der Waals surface area contributed by atoms with E-state index in [9.17, 15) is 19.2 Å². The number of likely N-dealkylation sites (tertiary alicyclic amines) is 1. The van der Waals surface area contributed by atoms with Gasteiger partial charge in [-0.3, -0.25) is 23.7 Å². The summed E-state index contributed by atoms with van der Waals surface area (Å²) in [6, 6.07) is 16.4. The molecule has 0 bridgehead atoms. The van der Waals surface area contributed by atoms with Crippen LogP contribution < -0.4 is 14.5 Å². The van der Waals surface area contributed by atoms with Crippen molar-refractivity contribution in [2.75, 3.05) is 25.1 Å². The number of thioether (sulfide) groups is 1. The maximum absolute atomic E-state index is 13.9. The van der Waals surface area contributed by atoms with Gasteiger partial charge in [-0.1, -0.05) is 53.4 Å². The highest BCUT2D eigenvalue weighted by atomic mass is 32.2. The zero-order valence-electron chi connectivity index (χ0n) is 20.9. The lowest BCUT2D eigenvalue weighted by molar-refractivity contribution is -0.133. The highest BCUT2D eigenvalue weighted by molar-refractivity contribution is 8.00. The van der Waals surface area contributed by atoms with Gasteiger partial charge >= 0.3 is 4.87 Å². The van der Waals surface area contributed by atoms with Crippen LogP contribution in [0.5, 0.6) is 5.75 Å². The molecule has 0 aliphatic carbocycles. The molecule has 3 amide bonds. The third kappa shape index (κ3) is 4.16. The highest BCUT2D eigenvalue weighted by Crippen LogP contribution is 2.53. The molecule has 2 fully saturated rings. The first kappa shape index (κ1) is 24.9. The fourth-order valence-electron chi connectivity index (χ4n) is 5.64. The number of carbonyl (C=O) groups excluding carboxylic acids is 3. The number of ether oxygens (including phenoxy) is 1. The quantitative estimate of drug-likeness (QED) is 0.451. The second kappa shape index (κ2) is 10.1. The zero-order chi connectivity index (χ0) is 26.4. The molecule has 196 valence electrons. The second-order valence-electron chi connectivity index (χ2n) is 9.73.